The number of rotatable bonds is 4. The first-order chi connectivity index (χ1) is 20.0. The van der Waals surface area contributed by atoms with Gasteiger partial charge in [-0.15, -0.1) is 0 Å². The highest BCUT2D eigenvalue weighted by Gasteiger charge is 2.37. The molecule has 1 saturated heterocycles. The number of halogens is 6. The topological polar surface area (TPSA) is 53.7 Å². The highest BCUT2D eigenvalue weighted by Crippen LogP contribution is 2.35. The average molecular weight is 584 g/mol. The first kappa shape index (κ1) is 27.7. The van der Waals surface area contributed by atoms with Gasteiger partial charge in [-0.1, -0.05) is 60.7 Å². The van der Waals surface area contributed by atoms with Crippen LogP contribution in [0.4, 0.5) is 26.3 Å². The number of carbonyl (C=O) groups is 1. The molecule has 0 atom stereocenters. The van der Waals surface area contributed by atoms with Crippen molar-refractivity contribution in [1.82, 2.24) is 24.4 Å². The third-order valence-corrected chi connectivity index (χ3v) is 7.38. The summed E-state index contributed by atoms with van der Waals surface area (Å²) in [5.74, 6) is -0.514. The average Bonchev–Trinajstić information content (AvgIpc) is 3.39. The number of benzene rings is 3. The Morgan fingerprint density at radius 2 is 1.52 bits per heavy atom. The minimum absolute atomic E-state index is 0.0612. The smallest absolute Gasteiger partial charge is 0.336 e. The van der Waals surface area contributed by atoms with Gasteiger partial charge in [0.25, 0.3) is 5.91 Å². The molecule has 0 unspecified atom stereocenters. The Labute approximate surface area is 235 Å². The summed E-state index contributed by atoms with van der Waals surface area (Å²) in [5.41, 5.74) is -0.998. The molecule has 2 aromatic heterocycles. The number of fused-ring (bicyclic) bond motifs is 2. The molecular formula is C30H23F6N5O. The van der Waals surface area contributed by atoms with Crippen LogP contribution in [0.15, 0.2) is 79.0 Å². The van der Waals surface area contributed by atoms with Crippen LogP contribution in [-0.4, -0.2) is 56.5 Å². The van der Waals surface area contributed by atoms with Crippen LogP contribution in [-0.2, 0) is 18.9 Å². The second-order valence-corrected chi connectivity index (χ2v) is 10.1. The standard InChI is InChI=1S/C30H23F6N5O/c31-29(32,33)21-8-3-5-19(15-21)18-39-11-13-40(14-12-39)28(42)24-17-37-41-26(30(34,35)36)16-25(38-27(24)41)23-10-4-7-20-6-1-2-9-22(20)23/h1-10,15-17H,11-14,18H2. The van der Waals surface area contributed by atoms with Crippen LogP contribution in [0.5, 0.6) is 0 Å². The molecule has 0 bridgehead atoms. The van der Waals surface area contributed by atoms with E-state index in [0.29, 0.717) is 34.1 Å². The fourth-order valence-electron chi connectivity index (χ4n) is 5.29. The van der Waals surface area contributed by atoms with Gasteiger partial charge in [-0.2, -0.15) is 31.4 Å². The van der Waals surface area contributed by atoms with E-state index in [1.54, 1.807) is 30.3 Å². The molecule has 0 saturated carbocycles. The van der Waals surface area contributed by atoms with Gasteiger partial charge in [0.15, 0.2) is 11.3 Å². The molecule has 6 rings (SSSR count). The quantitative estimate of drug-likeness (QED) is 0.226. The number of aromatic nitrogens is 3. The molecule has 1 aliphatic rings. The molecule has 3 aromatic carbocycles. The Morgan fingerprint density at radius 1 is 0.810 bits per heavy atom. The van der Waals surface area contributed by atoms with Gasteiger partial charge in [-0.3, -0.25) is 9.69 Å². The number of amides is 1. The zero-order valence-corrected chi connectivity index (χ0v) is 22.0. The van der Waals surface area contributed by atoms with Gasteiger partial charge in [-0.05, 0) is 28.5 Å². The molecule has 3 heterocycles. The summed E-state index contributed by atoms with van der Waals surface area (Å²) in [4.78, 5) is 21.4. The van der Waals surface area contributed by atoms with Crippen molar-refractivity contribution in [2.45, 2.75) is 18.9 Å². The van der Waals surface area contributed by atoms with E-state index in [1.807, 2.05) is 23.1 Å². The molecule has 1 aliphatic heterocycles. The van der Waals surface area contributed by atoms with E-state index in [-0.39, 0.29) is 36.5 Å². The summed E-state index contributed by atoms with van der Waals surface area (Å²) in [6.45, 7) is 1.51. The van der Waals surface area contributed by atoms with E-state index in [4.69, 9.17) is 0 Å². The van der Waals surface area contributed by atoms with Gasteiger partial charge in [0.1, 0.15) is 5.56 Å². The van der Waals surface area contributed by atoms with Crippen LogP contribution in [0.25, 0.3) is 27.7 Å². The minimum Gasteiger partial charge on any atom is -0.336 e. The lowest BCUT2D eigenvalue weighted by atomic mass is 10.0. The van der Waals surface area contributed by atoms with E-state index in [0.717, 1.165) is 29.8 Å². The van der Waals surface area contributed by atoms with Crippen LogP contribution in [0.2, 0.25) is 0 Å². The van der Waals surface area contributed by atoms with Crippen molar-refractivity contribution in [2.75, 3.05) is 26.2 Å². The lowest BCUT2D eigenvalue weighted by Crippen LogP contribution is -2.48. The molecule has 5 aromatic rings. The summed E-state index contributed by atoms with van der Waals surface area (Å²) < 4.78 is 82.3. The third kappa shape index (κ3) is 5.29. The van der Waals surface area contributed by atoms with Crippen molar-refractivity contribution >= 4 is 22.3 Å². The maximum Gasteiger partial charge on any atom is 0.433 e. The lowest BCUT2D eigenvalue weighted by molar-refractivity contribution is -0.142. The molecule has 0 aliphatic carbocycles. The Hall–Kier alpha value is -4.45. The van der Waals surface area contributed by atoms with Gasteiger partial charge in [0.2, 0.25) is 0 Å². The molecule has 6 nitrogen and oxygen atoms in total. The van der Waals surface area contributed by atoms with Gasteiger partial charge < -0.3 is 4.90 Å². The Bertz CT molecular complexity index is 1780. The van der Waals surface area contributed by atoms with Crippen LogP contribution in [0.3, 0.4) is 0 Å². The van der Waals surface area contributed by atoms with Gasteiger partial charge >= 0.3 is 12.4 Å². The largest absolute Gasteiger partial charge is 0.433 e. The van der Waals surface area contributed by atoms with Gasteiger partial charge in [0, 0.05) is 38.3 Å². The summed E-state index contributed by atoms with van der Waals surface area (Å²) in [6, 6.07) is 18.6. The van der Waals surface area contributed by atoms with Crippen molar-refractivity contribution in [3.05, 3.63) is 101 Å². The first-order valence-corrected chi connectivity index (χ1v) is 13.1. The molecule has 0 radical (unpaired) electrons. The molecule has 1 amide bonds. The molecule has 42 heavy (non-hydrogen) atoms. The molecule has 0 spiro atoms. The zero-order chi connectivity index (χ0) is 29.6. The first-order valence-electron chi connectivity index (χ1n) is 13.1. The number of piperazine rings is 1. The molecular weight excluding hydrogens is 560 g/mol. The van der Waals surface area contributed by atoms with E-state index >= 15 is 0 Å². The number of nitrogens with zero attached hydrogens (tertiary/aromatic N) is 5. The number of hydrogen-bond acceptors (Lipinski definition) is 4. The minimum atomic E-state index is -4.76. The molecule has 216 valence electrons. The second-order valence-electron chi connectivity index (χ2n) is 10.1. The zero-order valence-electron chi connectivity index (χ0n) is 22.0. The molecule has 0 N–H and O–H groups in total. The van der Waals surface area contributed by atoms with E-state index < -0.39 is 29.5 Å². The lowest BCUT2D eigenvalue weighted by Gasteiger charge is -2.34. The van der Waals surface area contributed by atoms with Crippen LogP contribution < -0.4 is 0 Å². The van der Waals surface area contributed by atoms with Crippen LogP contribution in [0.1, 0.15) is 27.2 Å². The molecule has 1 fully saturated rings. The number of hydrogen-bond donors (Lipinski definition) is 0. The summed E-state index contributed by atoms with van der Waals surface area (Å²) in [7, 11) is 0. The summed E-state index contributed by atoms with van der Waals surface area (Å²) >= 11 is 0. The SMILES string of the molecule is O=C(c1cnn2c(C(F)(F)F)cc(-c3cccc4ccccc34)nc12)N1CCN(Cc2cccc(C(F)(F)F)c2)CC1. The fraction of sp³-hybridized carbons (Fsp3) is 0.233. The highest BCUT2D eigenvalue weighted by molar-refractivity contribution is 6.01. The van der Waals surface area contributed by atoms with Gasteiger partial charge in [-0.25, -0.2) is 9.50 Å². The Morgan fingerprint density at radius 3 is 2.26 bits per heavy atom. The maximum absolute atomic E-state index is 14.2. The third-order valence-electron chi connectivity index (χ3n) is 7.38. The van der Waals surface area contributed by atoms with Crippen molar-refractivity contribution in [3.63, 3.8) is 0 Å². The Kier molecular flexibility index (Phi) is 6.88. The predicted octanol–water partition coefficient (Wildman–Crippen LogP) is 6.55. The summed E-state index contributed by atoms with van der Waals surface area (Å²) in [6.07, 6.45) is -8.10. The van der Waals surface area contributed by atoms with E-state index in [9.17, 15) is 31.1 Å². The van der Waals surface area contributed by atoms with Crippen molar-refractivity contribution in [1.29, 1.82) is 0 Å². The maximum atomic E-state index is 14.2. The monoisotopic (exact) mass is 583 g/mol. The normalized spacial score (nSPS) is 15.0. The molecule has 12 heteroatoms. The van der Waals surface area contributed by atoms with Gasteiger partial charge in [0.05, 0.1) is 17.5 Å². The second kappa shape index (κ2) is 10.4. The number of alkyl halides is 6. The van der Waals surface area contributed by atoms with Crippen LogP contribution in [0, 0.1) is 0 Å². The van der Waals surface area contributed by atoms with Crippen molar-refractivity contribution < 1.29 is 31.1 Å². The van der Waals surface area contributed by atoms with E-state index in [1.165, 1.54) is 11.0 Å². The highest BCUT2D eigenvalue weighted by atomic mass is 19.4. The van der Waals surface area contributed by atoms with Crippen molar-refractivity contribution in [3.8, 4) is 11.3 Å². The van der Waals surface area contributed by atoms with Crippen LogP contribution >= 0.6 is 0 Å². The predicted molar refractivity (Wildman–Crippen MR) is 144 cm³/mol. The summed E-state index contributed by atoms with van der Waals surface area (Å²) in [5, 5.41) is 5.43. The van der Waals surface area contributed by atoms with Crippen molar-refractivity contribution in [2.24, 2.45) is 0 Å². The number of carbonyl (C=O) groups excluding carboxylic acids is 1. The fourth-order valence-corrected chi connectivity index (χ4v) is 5.29. The Balaban J connectivity index is 1.28. The van der Waals surface area contributed by atoms with E-state index in [2.05, 4.69) is 10.1 Å².